The van der Waals surface area contributed by atoms with E-state index in [0.717, 1.165) is 23.9 Å². The Morgan fingerprint density at radius 2 is 1.70 bits per heavy atom. The highest BCUT2D eigenvalue weighted by Gasteiger charge is 2.41. The lowest BCUT2D eigenvalue weighted by Gasteiger charge is -2.27. The fourth-order valence-electron chi connectivity index (χ4n) is 3.19. The zero-order valence-electron chi connectivity index (χ0n) is 17.6. The number of carbonyl (C=O) groups excluding carboxylic acids is 1. The largest absolute Gasteiger partial charge is 0.434 e. The molecule has 1 aromatic heterocycles. The first kappa shape index (κ1) is 24.1. The first-order chi connectivity index (χ1) is 15.4. The van der Waals surface area contributed by atoms with Gasteiger partial charge in [0.1, 0.15) is 0 Å². The first-order valence-corrected chi connectivity index (χ1v) is 9.78. The monoisotopic (exact) mass is 470 g/mol. The average molecular weight is 470 g/mol. The Morgan fingerprint density at radius 1 is 1.03 bits per heavy atom. The number of rotatable bonds is 6. The summed E-state index contributed by atoms with van der Waals surface area (Å²) in [7, 11) is 1.78. The molecule has 33 heavy (non-hydrogen) atoms. The maximum atomic E-state index is 13.8. The van der Waals surface area contributed by atoms with Crippen LogP contribution in [0.3, 0.4) is 0 Å². The molecule has 5 nitrogen and oxygen atoms in total. The molecule has 0 bridgehead atoms. The molecule has 0 aliphatic rings. The minimum Gasteiger partial charge on any atom is -0.370 e. The van der Waals surface area contributed by atoms with Gasteiger partial charge in [-0.1, -0.05) is 24.3 Å². The summed E-state index contributed by atoms with van der Waals surface area (Å²) in [6.07, 6.45) is -9.09. The molecule has 1 amide bonds. The van der Waals surface area contributed by atoms with Gasteiger partial charge in [0.25, 0.3) is 5.91 Å². The topological polar surface area (TPSA) is 50.2 Å². The van der Waals surface area contributed by atoms with E-state index in [2.05, 4.69) is 10.4 Å². The Kier molecular flexibility index (Phi) is 6.71. The van der Waals surface area contributed by atoms with Crippen molar-refractivity contribution < 1.29 is 31.1 Å². The SMILES string of the molecule is CC(CNC(=O)c1cnn(-c2cccc(C(F)(F)F)c2)c1C(F)(F)F)N(C)c1ccccc1. The van der Waals surface area contributed by atoms with Gasteiger partial charge in [-0.2, -0.15) is 31.4 Å². The smallest absolute Gasteiger partial charge is 0.370 e. The van der Waals surface area contributed by atoms with Crippen molar-refractivity contribution in [3.63, 3.8) is 0 Å². The van der Waals surface area contributed by atoms with E-state index in [0.29, 0.717) is 16.9 Å². The van der Waals surface area contributed by atoms with Gasteiger partial charge in [-0.15, -0.1) is 0 Å². The summed E-state index contributed by atoms with van der Waals surface area (Å²) >= 11 is 0. The van der Waals surface area contributed by atoms with Crippen LogP contribution in [0.2, 0.25) is 0 Å². The van der Waals surface area contributed by atoms with Gasteiger partial charge in [0.05, 0.1) is 23.0 Å². The van der Waals surface area contributed by atoms with Gasteiger partial charge in [-0.25, -0.2) is 4.68 Å². The Bertz CT molecular complexity index is 1110. The van der Waals surface area contributed by atoms with Crippen molar-refractivity contribution >= 4 is 11.6 Å². The van der Waals surface area contributed by atoms with Gasteiger partial charge in [-0.3, -0.25) is 4.79 Å². The Morgan fingerprint density at radius 3 is 2.30 bits per heavy atom. The first-order valence-electron chi connectivity index (χ1n) is 9.78. The second-order valence-corrected chi connectivity index (χ2v) is 7.37. The number of anilines is 1. The van der Waals surface area contributed by atoms with Crippen LogP contribution in [-0.4, -0.2) is 35.3 Å². The van der Waals surface area contributed by atoms with Crippen molar-refractivity contribution in [3.05, 3.63) is 77.6 Å². The molecule has 0 spiro atoms. The second-order valence-electron chi connectivity index (χ2n) is 7.37. The number of carbonyl (C=O) groups is 1. The van der Waals surface area contributed by atoms with Gasteiger partial charge in [0.15, 0.2) is 5.69 Å². The normalized spacial score (nSPS) is 13.0. The molecule has 0 radical (unpaired) electrons. The predicted octanol–water partition coefficient (Wildman–Crippen LogP) is 5.16. The number of hydrogen-bond acceptors (Lipinski definition) is 3. The van der Waals surface area contributed by atoms with Crippen LogP contribution in [0.25, 0.3) is 5.69 Å². The quantitative estimate of drug-likeness (QED) is 0.506. The molecule has 2 aromatic carbocycles. The number of nitrogens with zero attached hydrogens (tertiary/aromatic N) is 3. The Labute approximate surface area is 185 Å². The molecule has 0 aliphatic carbocycles. The molecule has 1 atom stereocenters. The summed E-state index contributed by atoms with van der Waals surface area (Å²) in [5.74, 6) is -1.03. The van der Waals surface area contributed by atoms with E-state index in [4.69, 9.17) is 0 Å². The molecular formula is C22H20F6N4O. The van der Waals surface area contributed by atoms with Crippen LogP contribution in [0.5, 0.6) is 0 Å². The zero-order chi connectivity index (χ0) is 24.4. The van der Waals surface area contributed by atoms with E-state index in [9.17, 15) is 31.1 Å². The molecule has 0 fully saturated rings. The van der Waals surface area contributed by atoms with Crippen molar-refractivity contribution in [2.24, 2.45) is 0 Å². The van der Waals surface area contributed by atoms with Crippen LogP contribution in [0.4, 0.5) is 32.0 Å². The molecule has 0 saturated carbocycles. The van der Waals surface area contributed by atoms with E-state index >= 15 is 0 Å². The fraction of sp³-hybridized carbons (Fsp3) is 0.273. The van der Waals surface area contributed by atoms with Crippen LogP contribution in [0.15, 0.2) is 60.8 Å². The number of alkyl halides is 6. The van der Waals surface area contributed by atoms with Crippen molar-refractivity contribution in [2.45, 2.75) is 25.3 Å². The number of likely N-dealkylation sites (N-methyl/N-ethyl adjacent to an activating group) is 1. The number of para-hydroxylation sites is 1. The van der Waals surface area contributed by atoms with Crippen LogP contribution >= 0.6 is 0 Å². The molecule has 1 unspecified atom stereocenters. The number of aromatic nitrogens is 2. The van der Waals surface area contributed by atoms with E-state index in [1.54, 1.807) is 14.0 Å². The Balaban J connectivity index is 1.85. The van der Waals surface area contributed by atoms with Gasteiger partial charge in [-0.05, 0) is 37.3 Å². The molecule has 1 N–H and O–H groups in total. The summed E-state index contributed by atoms with van der Waals surface area (Å²) in [5, 5.41) is 6.01. The lowest BCUT2D eigenvalue weighted by Crippen LogP contribution is -2.40. The maximum Gasteiger partial charge on any atom is 0.434 e. The number of nitrogens with one attached hydrogen (secondary N) is 1. The van der Waals surface area contributed by atoms with Gasteiger partial charge < -0.3 is 10.2 Å². The molecule has 11 heteroatoms. The van der Waals surface area contributed by atoms with E-state index in [-0.39, 0.29) is 12.6 Å². The van der Waals surface area contributed by atoms with Crippen LogP contribution in [-0.2, 0) is 12.4 Å². The minimum absolute atomic E-state index is 0.0241. The standard InChI is InChI=1S/C22H20F6N4O/c1-14(31(2)16-8-4-3-5-9-16)12-29-20(33)18-13-30-32(19(18)22(26,27)28)17-10-6-7-15(11-17)21(23,24)25/h3-11,13-14H,12H2,1-2H3,(H,29,33). The summed E-state index contributed by atoms with van der Waals surface area (Å²) in [4.78, 5) is 14.4. The van der Waals surface area contributed by atoms with Crippen LogP contribution in [0, 0.1) is 0 Å². The average Bonchev–Trinajstić information content (AvgIpc) is 3.23. The van der Waals surface area contributed by atoms with E-state index in [1.807, 2.05) is 35.2 Å². The highest BCUT2D eigenvalue weighted by Crippen LogP contribution is 2.35. The van der Waals surface area contributed by atoms with Crippen molar-refractivity contribution in [2.75, 3.05) is 18.5 Å². The molecule has 3 rings (SSSR count). The zero-order valence-corrected chi connectivity index (χ0v) is 17.6. The minimum atomic E-state index is -5.04. The molecule has 0 aliphatic heterocycles. The summed E-state index contributed by atoms with van der Waals surface area (Å²) < 4.78 is 80.7. The van der Waals surface area contributed by atoms with Crippen molar-refractivity contribution in [1.29, 1.82) is 0 Å². The van der Waals surface area contributed by atoms with Gasteiger partial charge >= 0.3 is 12.4 Å². The maximum absolute atomic E-state index is 13.8. The molecule has 0 saturated heterocycles. The molecule has 1 heterocycles. The van der Waals surface area contributed by atoms with Crippen molar-refractivity contribution in [1.82, 2.24) is 15.1 Å². The van der Waals surface area contributed by atoms with E-state index < -0.39 is 40.8 Å². The fourth-order valence-corrected chi connectivity index (χ4v) is 3.19. The van der Waals surface area contributed by atoms with Crippen LogP contribution in [0.1, 0.15) is 28.5 Å². The summed E-state index contributed by atoms with van der Waals surface area (Å²) in [6, 6.07) is 12.2. The summed E-state index contributed by atoms with van der Waals surface area (Å²) in [6.45, 7) is 1.81. The second kappa shape index (κ2) is 9.16. The third-order valence-corrected chi connectivity index (χ3v) is 5.08. The van der Waals surface area contributed by atoms with Crippen LogP contribution < -0.4 is 10.2 Å². The molecule has 176 valence electrons. The molecular weight excluding hydrogens is 450 g/mol. The highest BCUT2D eigenvalue weighted by molar-refractivity contribution is 5.95. The lowest BCUT2D eigenvalue weighted by molar-refractivity contribution is -0.143. The van der Waals surface area contributed by atoms with Crippen molar-refractivity contribution in [3.8, 4) is 5.69 Å². The number of amides is 1. The highest BCUT2D eigenvalue weighted by atomic mass is 19.4. The molecule has 3 aromatic rings. The summed E-state index contributed by atoms with van der Waals surface area (Å²) in [5.41, 5.74) is -2.98. The van der Waals surface area contributed by atoms with Gasteiger partial charge in [0, 0.05) is 25.3 Å². The third-order valence-electron chi connectivity index (χ3n) is 5.08. The third kappa shape index (κ3) is 5.47. The predicted molar refractivity (Wildman–Crippen MR) is 110 cm³/mol. The van der Waals surface area contributed by atoms with E-state index in [1.165, 1.54) is 0 Å². The Hall–Kier alpha value is -3.50. The number of benzene rings is 2. The number of halogens is 6. The number of hydrogen-bond donors (Lipinski definition) is 1. The lowest BCUT2D eigenvalue weighted by atomic mass is 10.1. The van der Waals surface area contributed by atoms with Gasteiger partial charge in [0.2, 0.25) is 0 Å².